The Morgan fingerprint density at radius 1 is 0.900 bits per heavy atom. The average molecular weight is 489 g/mol. The Bertz CT molecular complexity index is 1140. The summed E-state index contributed by atoms with van der Waals surface area (Å²) in [5.41, 5.74) is 2.96. The fourth-order valence-corrected chi connectivity index (χ4v) is 4.30. The first-order valence-electron chi connectivity index (χ1n) is 9.10. The van der Waals surface area contributed by atoms with E-state index in [0.717, 1.165) is 44.3 Å². The molecule has 3 aromatic carbocycles. The summed E-state index contributed by atoms with van der Waals surface area (Å²) in [5.74, 6) is 0.511. The molecule has 0 aliphatic heterocycles. The number of nitrogens with zero attached hydrogens (tertiary/aromatic N) is 2. The summed E-state index contributed by atoms with van der Waals surface area (Å²) in [6.45, 7) is 0. The molecule has 0 atom stereocenters. The lowest BCUT2D eigenvalue weighted by molar-refractivity contribution is -0.137. The molecule has 0 radical (unpaired) electrons. The van der Waals surface area contributed by atoms with Gasteiger partial charge in [-0.05, 0) is 35.9 Å². The maximum atomic E-state index is 12.8. The predicted octanol–water partition coefficient (Wildman–Crippen LogP) is 7.61. The van der Waals surface area contributed by atoms with Gasteiger partial charge in [-0.1, -0.05) is 76.2 Å². The molecule has 0 fully saturated rings. The van der Waals surface area contributed by atoms with Gasteiger partial charge in [0.1, 0.15) is 0 Å². The molecule has 0 saturated heterocycles. The first-order chi connectivity index (χ1) is 14.4. The van der Waals surface area contributed by atoms with E-state index in [4.69, 9.17) is 4.98 Å². The Balaban J connectivity index is 1.63. The second-order valence-corrected chi connectivity index (χ2v) is 8.47. The molecule has 0 aliphatic carbocycles. The molecular weight excluding hydrogens is 473 g/mol. The van der Waals surface area contributed by atoms with Crippen LogP contribution < -0.4 is 0 Å². The van der Waals surface area contributed by atoms with Gasteiger partial charge in [0.05, 0.1) is 11.3 Å². The van der Waals surface area contributed by atoms with Gasteiger partial charge in [0, 0.05) is 27.7 Å². The molecular formula is C23H16BrF3N2S. The molecule has 4 rings (SSSR count). The van der Waals surface area contributed by atoms with E-state index >= 15 is 0 Å². The second kappa shape index (κ2) is 8.70. The quantitative estimate of drug-likeness (QED) is 0.269. The van der Waals surface area contributed by atoms with E-state index in [9.17, 15) is 13.2 Å². The van der Waals surface area contributed by atoms with E-state index in [-0.39, 0.29) is 0 Å². The molecule has 0 spiro atoms. The molecule has 0 unspecified atom stereocenters. The molecule has 2 nitrogen and oxygen atoms in total. The number of halogens is 4. The van der Waals surface area contributed by atoms with Crippen molar-refractivity contribution in [3.8, 4) is 16.9 Å². The SMILES string of the molecule is FC(F)(F)c1ccc(CSc2nc(-c3ccccc3)cn2-c2cccc(Br)c2)cc1. The summed E-state index contributed by atoms with van der Waals surface area (Å²) < 4.78 is 41.3. The fourth-order valence-electron chi connectivity index (χ4n) is 2.96. The molecule has 0 saturated carbocycles. The normalized spacial score (nSPS) is 11.6. The van der Waals surface area contributed by atoms with Crippen molar-refractivity contribution in [3.05, 3.63) is 101 Å². The zero-order valence-corrected chi connectivity index (χ0v) is 18.0. The van der Waals surface area contributed by atoms with Crippen LogP contribution in [0.3, 0.4) is 0 Å². The van der Waals surface area contributed by atoms with E-state index < -0.39 is 11.7 Å². The highest BCUT2D eigenvalue weighted by atomic mass is 79.9. The topological polar surface area (TPSA) is 17.8 Å². The molecule has 0 aliphatic rings. The number of hydrogen-bond donors (Lipinski definition) is 0. The van der Waals surface area contributed by atoms with E-state index in [2.05, 4.69) is 15.9 Å². The van der Waals surface area contributed by atoms with Crippen molar-refractivity contribution in [3.63, 3.8) is 0 Å². The maximum Gasteiger partial charge on any atom is 0.416 e. The van der Waals surface area contributed by atoms with Gasteiger partial charge in [-0.15, -0.1) is 0 Å². The highest BCUT2D eigenvalue weighted by Crippen LogP contribution is 2.32. The van der Waals surface area contributed by atoms with Gasteiger partial charge in [-0.25, -0.2) is 4.98 Å². The summed E-state index contributed by atoms with van der Waals surface area (Å²) in [5, 5.41) is 0.770. The van der Waals surface area contributed by atoms with Gasteiger partial charge in [-0.2, -0.15) is 13.2 Å². The van der Waals surface area contributed by atoms with Crippen LogP contribution >= 0.6 is 27.7 Å². The summed E-state index contributed by atoms with van der Waals surface area (Å²) in [4.78, 5) is 4.79. The largest absolute Gasteiger partial charge is 0.416 e. The lowest BCUT2D eigenvalue weighted by atomic mass is 10.1. The predicted molar refractivity (Wildman–Crippen MR) is 118 cm³/mol. The molecule has 0 N–H and O–H groups in total. The summed E-state index contributed by atoms with van der Waals surface area (Å²) in [6.07, 6.45) is -2.35. The number of imidazole rings is 1. The average Bonchev–Trinajstić information content (AvgIpc) is 3.17. The minimum absolute atomic E-state index is 0.511. The minimum Gasteiger partial charge on any atom is -0.294 e. The van der Waals surface area contributed by atoms with Crippen molar-refractivity contribution in [1.82, 2.24) is 9.55 Å². The first kappa shape index (κ1) is 20.8. The van der Waals surface area contributed by atoms with Crippen molar-refractivity contribution >= 4 is 27.7 Å². The van der Waals surface area contributed by atoms with Crippen LogP contribution in [0.4, 0.5) is 13.2 Å². The summed E-state index contributed by atoms with van der Waals surface area (Å²) in [6, 6.07) is 23.0. The van der Waals surface area contributed by atoms with Crippen LogP contribution in [0.25, 0.3) is 16.9 Å². The van der Waals surface area contributed by atoms with Gasteiger partial charge in [0.15, 0.2) is 5.16 Å². The zero-order chi connectivity index (χ0) is 21.1. The third-order valence-corrected chi connectivity index (χ3v) is 6.00. The van der Waals surface area contributed by atoms with E-state index in [1.54, 1.807) is 0 Å². The first-order valence-corrected chi connectivity index (χ1v) is 10.9. The van der Waals surface area contributed by atoms with Crippen LogP contribution in [-0.2, 0) is 11.9 Å². The van der Waals surface area contributed by atoms with E-state index in [0.29, 0.717) is 5.75 Å². The Hall–Kier alpha value is -2.51. The van der Waals surface area contributed by atoms with E-state index in [1.165, 1.54) is 23.9 Å². The highest BCUT2D eigenvalue weighted by Gasteiger charge is 2.29. The molecule has 1 heterocycles. The standard InChI is InChI=1S/C23H16BrF3N2S/c24-19-7-4-8-20(13-19)29-14-21(17-5-2-1-3-6-17)28-22(29)30-15-16-9-11-18(12-10-16)23(25,26)27/h1-14H,15H2. The van der Waals surface area contributed by atoms with Crippen molar-refractivity contribution in [1.29, 1.82) is 0 Å². The van der Waals surface area contributed by atoms with E-state index in [1.807, 2.05) is 65.4 Å². The number of benzene rings is 3. The van der Waals surface area contributed by atoms with Gasteiger partial charge < -0.3 is 0 Å². The Kier molecular flexibility index (Phi) is 6.01. The van der Waals surface area contributed by atoms with Gasteiger partial charge in [0.25, 0.3) is 0 Å². The van der Waals surface area contributed by atoms with Gasteiger partial charge in [-0.3, -0.25) is 4.57 Å². The molecule has 0 amide bonds. The van der Waals surface area contributed by atoms with Crippen molar-refractivity contribution in [2.75, 3.05) is 0 Å². The lowest BCUT2D eigenvalue weighted by Crippen LogP contribution is -2.04. The van der Waals surface area contributed by atoms with Crippen molar-refractivity contribution in [2.45, 2.75) is 17.1 Å². The second-order valence-electron chi connectivity index (χ2n) is 6.61. The van der Waals surface area contributed by atoms with Crippen LogP contribution in [0.2, 0.25) is 0 Å². The summed E-state index contributed by atoms with van der Waals surface area (Å²) >= 11 is 4.99. The van der Waals surface area contributed by atoms with Crippen LogP contribution in [0.5, 0.6) is 0 Å². The minimum atomic E-state index is -4.33. The Labute approximate surface area is 184 Å². The van der Waals surface area contributed by atoms with Crippen LogP contribution in [0.15, 0.2) is 94.7 Å². The Morgan fingerprint density at radius 2 is 1.63 bits per heavy atom. The molecule has 0 bridgehead atoms. The van der Waals surface area contributed by atoms with Crippen LogP contribution in [0, 0.1) is 0 Å². The molecule has 30 heavy (non-hydrogen) atoms. The maximum absolute atomic E-state index is 12.8. The fraction of sp³-hybridized carbons (Fsp3) is 0.0870. The third-order valence-electron chi connectivity index (χ3n) is 4.48. The Morgan fingerprint density at radius 3 is 2.30 bits per heavy atom. The number of alkyl halides is 3. The van der Waals surface area contributed by atoms with Crippen molar-refractivity contribution in [2.24, 2.45) is 0 Å². The zero-order valence-electron chi connectivity index (χ0n) is 15.6. The molecule has 1 aromatic heterocycles. The van der Waals surface area contributed by atoms with Gasteiger partial charge in [0.2, 0.25) is 0 Å². The van der Waals surface area contributed by atoms with Crippen LogP contribution in [-0.4, -0.2) is 9.55 Å². The molecule has 4 aromatic rings. The number of aromatic nitrogens is 2. The monoisotopic (exact) mass is 488 g/mol. The summed E-state index contributed by atoms with van der Waals surface area (Å²) in [7, 11) is 0. The smallest absolute Gasteiger partial charge is 0.294 e. The molecule has 152 valence electrons. The number of thioether (sulfide) groups is 1. The van der Waals surface area contributed by atoms with Crippen molar-refractivity contribution < 1.29 is 13.2 Å². The lowest BCUT2D eigenvalue weighted by Gasteiger charge is -2.09. The number of hydrogen-bond acceptors (Lipinski definition) is 2. The molecule has 7 heteroatoms. The third kappa shape index (κ3) is 4.79. The highest BCUT2D eigenvalue weighted by molar-refractivity contribution is 9.10. The van der Waals surface area contributed by atoms with Gasteiger partial charge >= 0.3 is 6.18 Å². The van der Waals surface area contributed by atoms with Crippen LogP contribution in [0.1, 0.15) is 11.1 Å². The number of rotatable bonds is 5.